The van der Waals surface area contributed by atoms with Gasteiger partial charge in [-0.2, -0.15) is 0 Å². The zero-order chi connectivity index (χ0) is 11.1. The summed E-state index contributed by atoms with van der Waals surface area (Å²) in [6, 6.07) is 5.24. The molecule has 0 atom stereocenters. The molecule has 1 rings (SSSR count). The molecule has 82 valence electrons. The minimum atomic E-state index is 0.127. The van der Waals surface area contributed by atoms with Gasteiger partial charge in [0.25, 0.3) is 0 Å². The second kappa shape index (κ2) is 6.09. The van der Waals surface area contributed by atoms with Crippen LogP contribution >= 0.6 is 0 Å². The molecule has 0 heterocycles. The summed E-state index contributed by atoms with van der Waals surface area (Å²) in [6.45, 7) is 6.29. The Kier molecular flexibility index (Phi) is 4.71. The van der Waals surface area contributed by atoms with Crippen LogP contribution in [-0.4, -0.2) is 18.5 Å². The number of aromatic hydroxyl groups is 1. The quantitative estimate of drug-likeness (QED) is 0.443. The van der Waals surface area contributed by atoms with Crippen molar-refractivity contribution in [3.8, 4) is 11.5 Å². The normalized spacial score (nSPS) is 9.93. The fourth-order valence-electron chi connectivity index (χ4n) is 1.16. The first-order valence-electron chi connectivity index (χ1n) is 4.91. The zero-order valence-corrected chi connectivity index (χ0v) is 8.90. The number of allylic oxidation sites excluding steroid dienone is 1. The van der Waals surface area contributed by atoms with Gasteiger partial charge in [-0.1, -0.05) is 12.1 Å². The van der Waals surface area contributed by atoms with Crippen molar-refractivity contribution >= 4 is 0 Å². The molecule has 0 aromatic heterocycles. The lowest BCUT2D eigenvalue weighted by Crippen LogP contribution is -2.02. The summed E-state index contributed by atoms with van der Waals surface area (Å²) < 4.78 is 10.3. The van der Waals surface area contributed by atoms with Gasteiger partial charge in [-0.05, 0) is 31.0 Å². The van der Waals surface area contributed by atoms with Crippen LogP contribution in [0.15, 0.2) is 30.9 Å². The Morgan fingerprint density at radius 1 is 1.47 bits per heavy atom. The highest BCUT2D eigenvalue weighted by Crippen LogP contribution is 2.27. The number of hydrogen-bond donors (Lipinski definition) is 1. The zero-order valence-electron chi connectivity index (χ0n) is 8.90. The summed E-state index contributed by atoms with van der Waals surface area (Å²) in [4.78, 5) is 0. The lowest BCUT2D eigenvalue weighted by atomic mass is 10.1. The molecule has 3 heteroatoms. The van der Waals surface area contributed by atoms with Crippen molar-refractivity contribution in [3.05, 3.63) is 36.4 Å². The topological polar surface area (TPSA) is 38.7 Å². The molecule has 3 nitrogen and oxygen atoms in total. The van der Waals surface area contributed by atoms with E-state index in [1.165, 1.54) is 0 Å². The minimum absolute atomic E-state index is 0.127. The maximum atomic E-state index is 9.50. The molecular weight excluding hydrogens is 192 g/mol. The Hall–Kier alpha value is -1.48. The van der Waals surface area contributed by atoms with Crippen molar-refractivity contribution in [2.45, 2.75) is 13.3 Å². The molecule has 0 amide bonds. The molecule has 0 saturated carbocycles. The smallest absolute Gasteiger partial charge is 0.189 e. The molecule has 0 saturated heterocycles. The molecular formula is C12H16O3. The lowest BCUT2D eigenvalue weighted by Gasteiger charge is -2.08. The molecule has 0 aliphatic carbocycles. The highest BCUT2D eigenvalue weighted by atomic mass is 16.7. The van der Waals surface area contributed by atoms with Crippen molar-refractivity contribution in [2.75, 3.05) is 13.4 Å². The molecule has 0 bridgehead atoms. The van der Waals surface area contributed by atoms with Crippen molar-refractivity contribution in [3.63, 3.8) is 0 Å². The number of hydrogen-bond acceptors (Lipinski definition) is 3. The van der Waals surface area contributed by atoms with Crippen LogP contribution in [-0.2, 0) is 11.2 Å². The van der Waals surface area contributed by atoms with Gasteiger partial charge >= 0.3 is 0 Å². The minimum Gasteiger partial charge on any atom is -0.504 e. The van der Waals surface area contributed by atoms with E-state index in [0.29, 0.717) is 12.4 Å². The van der Waals surface area contributed by atoms with Crippen molar-refractivity contribution in [1.82, 2.24) is 0 Å². The van der Waals surface area contributed by atoms with Gasteiger partial charge in [0.05, 0.1) is 0 Å². The van der Waals surface area contributed by atoms with Gasteiger partial charge in [-0.3, -0.25) is 0 Å². The van der Waals surface area contributed by atoms with Crippen LogP contribution in [0.25, 0.3) is 0 Å². The molecule has 0 aliphatic rings. The first-order valence-corrected chi connectivity index (χ1v) is 4.91. The third kappa shape index (κ3) is 3.64. The van der Waals surface area contributed by atoms with E-state index < -0.39 is 0 Å². The molecule has 0 unspecified atom stereocenters. The predicted octanol–water partition coefficient (Wildman–Crippen LogP) is 2.49. The fourth-order valence-corrected chi connectivity index (χ4v) is 1.16. The molecule has 0 spiro atoms. The van der Waals surface area contributed by atoms with Crippen LogP contribution in [0.1, 0.15) is 12.5 Å². The summed E-state index contributed by atoms with van der Waals surface area (Å²) in [5.41, 5.74) is 1.05. The Morgan fingerprint density at radius 2 is 2.27 bits per heavy atom. The van der Waals surface area contributed by atoms with Crippen LogP contribution in [0.3, 0.4) is 0 Å². The highest BCUT2D eigenvalue weighted by molar-refractivity contribution is 5.42. The number of benzene rings is 1. The van der Waals surface area contributed by atoms with Crippen LogP contribution < -0.4 is 4.74 Å². The Labute approximate surface area is 90.0 Å². The summed E-state index contributed by atoms with van der Waals surface area (Å²) in [7, 11) is 0. The van der Waals surface area contributed by atoms with E-state index in [2.05, 4.69) is 6.58 Å². The predicted molar refractivity (Wildman–Crippen MR) is 59.1 cm³/mol. The standard InChI is InChI=1S/C12H16O3/c1-3-5-10-6-7-11(13)12(8-10)15-9-14-4-2/h3,6-8,13H,1,4-5,9H2,2H3. The van der Waals surface area contributed by atoms with Gasteiger partial charge < -0.3 is 14.6 Å². The van der Waals surface area contributed by atoms with E-state index in [4.69, 9.17) is 9.47 Å². The van der Waals surface area contributed by atoms with E-state index in [1.807, 2.05) is 13.0 Å². The summed E-state index contributed by atoms with van der Waals surface area (Å²) >= 11 is 0. The molecule has 0 fully saturated rings. The first-order chi connectivity index (χ1) is 7.27. The van der Waals surface area contributed by atoms with E-state index in [-0.39, 0.29) is 12.5 Å². The van der Waals surface area contributed by atoms with Gasteiger partial charge in [-0.25, -0.2) is 0 Å². The van der Waals surface area contributed by atoms with Crippen molar-refractivity contribution < 1.29 is 14.6 Å². The van der Waals surface area contributed by atoms with E-state index in [9.17, 15) is 5.11 Å². The number of phenolic OH excluding ortho intramolecular Hbond substituents is 1. The van der Waals surface area contributed by atoms with Crippen molar-refractivity contribution in [1.29, 1.82) is 0 Å². The molecule has 0 radical (unpaired) electrons. The average Bonchev–Trinajstić information content (AvgIpc) is 2.23. The van der Waals surface area contributed by atoms with Gasteiger partial charge in [-0.15, -0.1) is 6.58 Å². The maximum Gasteiger partial charge on any atom is 0.189 e. The van der Waals surface area contributed by atoms with Gasteiger partial charge in [0.15, 0.2) is 18.3 Å². The maximum absolute atomic E-state index is 9.50. The van der Waals surface area contributed by atoms with E-state index in [0.717, 1.165) is 12.0 Å². The Balaban J connectivity index is 2.67. The monoisotopic (exact) mass is 208 g/mol. The van der Waals surface area contributed by atoms with Crippen LogP contribution in [0.5, 0.6) is 11.5 Å². The first kappa shape index (κ1) is 11.6. The lowest BCUT2D eigenvalue weighted by molar-refractivity contribution is 0.0209. The second-order valence-corrected chi connectivity index (χ2v) is 3.05. The molecule has 1 N–H and O–H groups in total. The number of phenols is 1. The summed E-state index contributed by atoms with van der Waals surface area (Å²) in [6.07, 6.45) is 2.56. The third-order valence-electron chi connectivity index (χ3n) is 1.91. The summed E-state index contributed by atoms with van der Waals surface area (Å²) in [5, 5.41) is 9.50. The van der Waals surface area contributed by atoms with Crippen LogP contribution in [0.4, 0.5) is 0 Å². The molecule has 15 heavy (non-hydrogen) atoms. The van der Waals surface area contributed by atoms with Gasteiger partial charge in [0.2, 0.25) is 0 Å². The average molecular weight is 208 g/mol. The largest absolute Gasteiger partial charge is 0.504 e. The van der Waals surface area contributed by atoms with Crippen LogP contribution in [0, 0.1) is 0 Å². The van der Waals surface area contributed by atoms with E-state index >= 15 is 0 Å². The summed E-state index contributed by atoms with van der Waals surface area (Å²) in [5.74, 6) is 0.574. The fraction of sp³-hybridized carbons (Fsp3) is 0.333. The Bertz CT molecular complexity index is 321. The molecule has 0 aliphatic heterocycles. The van der Waals surface area contributed by atoms with Gasteiger partial charge in [0, 0.05) is 6.61 Å². The molecule has 1 aromatic carbocycles. The second-order valence-electron chi connectivity index (χ2n) is 3.05. The number of ether oxygens (including phenoxy) is 2. The highest BCUT2D eigenvalue weighted by Gasteiger charge is 2.02. The SMILES string of the molecule is C=CCc1ccc(O)c(OCOCC)c1. The number of rotatable bonds is 6. The molecule has 1 aromatic rings. The van der Waals surface area contributed by atoms with Crippen molar-refractivity contribution in [2.24, 2.45) is 0 Å². The Morgan fingerprint density at radius 3 is 2.93 bits per heavy atom. The van der Waals surface area contributed by atoms with Gasteiger partial charge in [0.1, 0.15) is 0 Å². The van der Waals surface area contributed by atoms with E-state index in [1.54, 1.807) is 18.2 Å². The van der Waals surface area contributed by atoms with Crippen LogP contribution in [0.2, 0.25) is 0 Å². The third-order valence-corrected chi connectivity index (χ3v) is 1.91.